The highest BCUT2D eigenvalue weighted by atomic mass is 16.1. The van der Waals surface area contributed by atoms with Crippen LogP contribution in [0.1, 0.15) is 11.1 Å². The molecule has 0 aromatic heterocycles. The van der Waals surface area contributed by atoms with Crippen LogP contribution in [-0.2, 0) is 4.79 Å². The number of carbonyl (C=O) groups excluding carboxylic acids is 1. The molecule has 0 saturated carbocycles. The largest absolute Gasteiger partial charge is 0.322 e. The van der Waals surface area contributed by atoms with Gasteiger partial charge in [-0.1, -0.05) is 49.0 Å². The minimum atomic E-state index is -0.171. The number of hydrogen-bond acceptors (Lipinski definition) is 1. The molecule has 0 bridgehead atoms. The third-order valence-electron chi connectivity index (χ3n) is 2.78. The number of anilines is 1. The molecule has 2 rings (SSSR count). The predicted octanol–water partition coefficient (Wildman–Crippen LogP) is 3.65. The molecular formula is C16H15NO. The van der Waals surface area contributed by atoms with Crippen LogP contribution < -0.4 is 5.32 Å². The van der Waals surface area contributed by atoms with Crippen molar-refractivity contribution in [3.05, 3.63) is 72.3 Å². The van der Waals surface area contributed by atoms with Crippen molar-refractivity contribution < 1.29 is 4.79 Å². The van der Waals surface area contributed by atoms with E-state index in [9.17, 15) is 4.79 Å². The monoisotopic (exact) mass is 237 g/mol. The van der Waals surface area contributed by atoms with Crippen LogP contribution in [-0.4, -0.2) is 5.91 Å². The predicted molar refractivity (Wildman–Crippen MR) is 75.3 cm³/mol. The van der Waals surface area contributed by atoms with Gasteiger partial charge in [0.1, 0.15) is 0 Å². The highest BCUT2D eigenvalue weighted by Crippen LogP contribution is 2.18. The Balaban J connectivity index is 2.16. The summed E-state index contributed by atoms with van der Waals surface area (Å²) in [6.07, 6.45) is 0. The summed E-state index contributed by atoms with van der Waals surface area (Å²) in [6, 6.07) is 17.1. The van der Waals surface area contributed by atoms with E-state index in [1.165, 1.54) is 0 Å². The summed E-state index contributed by atoms with van der Waals surface area (Å²) in [5.74, 6) is -0.171. The van der Waals surface area contributed by atoms with Crippen molar-refractivity contribution in [1.29, 1.82) is 0 Å². The summed E-state index contributed by atoms with van der Waals surface area (Å²) in [6.45, 7) is 5.84. The zero-order valence-corrected chi connectivity index (χ0v) is 10.3. The van der Waals surface area contributed by atoms with Gasteiger partial charge in [-0.05, 0) is 30.2 Å². The Hall–Kier alpha value is -2.35. The molecule has 0 unspecified atom stereocenters. The Morgan fingerprint density at radius 2 is 1.61 bits per heavy atom. The first-order valence-corrected chi connectivity index (χ1v) is 5.80. The Labute approximate surface area is 107 Å². The Kier molecular flexibility index (Phi) is 3.58. The zero-order chi connectivity index (χ0) is 13.0. The van der Waals surface area contributed by atoms with E-state index in [2.05, 4.69) is 11.9 Å². The van der Waals surface area contributed by atoms with Gasteiger partial charge < -0.3 is 5.32 Å². The molecule has 0 spiro atoms. The van der Waals surface area contributed by atoms with Gasteiger partial charge in [-0.3, -0.25) is 4.79 Å². The molecule has 0 radical (unpaired) electrons. The lowest BCUT2D eigenvalue weighted by molar-refractivity contribution is -0.111. The summed E-state index contributed by atoms with van der Waals surface area (Å²) in [7, 11) is 0. The second-order valence-corrected chi connectivity index (χ2v) is 4.11. The second-order valence-electron chi connectivity index (χ2n) is 4.11. The van der Waals surface area contributed by atoms with Gasteiger partial charge in [-0.2, -0.15) is 0 Å². The summed E-state index contributed by atoms with van der Waals surface area (Å²) >= 11 is 0. The van der Waals surface area contributed by atoms with E-state index < -0.39 is 0 Å². The van der Waals surface area contributed by atoms with Gasteiger partial charge in [0.2, 0.25) is 0 Å². The van der Waals surface area contributed by atoms with Crippen molar-refractivity contribution in [2.45, 2.75) is 6.92 Å². The maximum absolute atomic E-state index is 12.1. The van der Waals surface area contributed by atoms with E-state index >= 15 is 0 Å². The van der Waals surface area contributed by atoms with Crippen LogP contribution in [0, 0.1) is 6.92 Å². The number of hydrogen-bond donors (Lipinski definition) is 1. The summed E-state index contributed by atoms with van der Waals surface area (Å²) in [5, 5.41) is 2.83. The third kappa shape index (κ3) is 2.66. The van der Waals surface area contributed by atoms with E-state index in [1.807, 2.05) is 61.5 Å². The number of rotatable bonds is 3. The molecule has 2 aromatic rings. The SMILES string of the molecule is C=C(C(=O)Nc1ccccc1)c1ccccc1C. The molecule has 0 heterocycles. The number of benzene rings is 2. The van der Waals surface area contributed by atoms with Gasteiger partial charge in [0, 0.05) is 11.3 Å². The van der Waals surface area contributed by atoms with Crippen LogP contribution in [0.15, 0.2) is 61.2 Å². The average molecular weight is 237 g/mol. The molecular weight excluding hydrogens is 222 g/mol. The molecule has 0 atom stereocenters. The molecule has 2 heteroatoms. The maximum atomic E-state index is 12.1. The first-order chi connectivity index (χ1) is 8.68. The fourth-order valence-corrected chi connectivity index (χ4v) is 1.76. The van der Waals surface area contributed by atoms with Crippen LogP contribution in [0.3, 0.4) is 0 Å². The lowest BCUT2D eigenvalue weighted by atomic mass is 10.0. The quantitative estimate of drug-likeness (QED) is 0.811. The van der Waals surface area contributed by atoms with Crippen LogP contribution in [0.4, 0.5) is 5.69 Å². The van der Waals surface area contributed by atoms with Gasteiger partial charge in [0.05, 0.1) is 0 Å². The van der Waals surface area contributed by atoms with Crippen molar-refractivity contribution >= 4 is 17.2 Å². The number of carbonyl (C=O) groups is 1. The zero-order valence-electron chi connectivity index (χ0n) is 10.3. The second kappa shape index (κ2) is 5.32. The van der Waals surface area contributed by atoms with E-state index in [0.717, 1.165) is 16.8 Å². The molecule has 2 aromatic carbocycles. The average Bonchev–Trinajstić information content (AvgIpc) is 2.39. The number of amides is 1. The minimum Gasteiger partial charge on any atom is -0.322 e. The molecule has 1 N–H and O–H groups in total. The number of nitrogens with one attached hydrogen (secondary N) is 1. The van der Waals surface area contributed by atoms with Crippen molar-refractivity contribution in [3.8, 4) is 0 Å². The highest BCUT2D eigenvalue weighted by molar-refractivity contribution is 6.24. The van der Waals surface area contributed by atoms with Crippen molar-refractivity contribution in [2.24, 2.45) is 0 Å². The summed E-state index contributed by atoms with van der Waals surface area (Å²) in [4.78, 5) is 12.1. The van der Waals surface area contributed by atoms with Crippen LogP contribution >= 0.6 is 0 Å². The van der Waals surface area contributed by atoms with E-state index in [1.54, 1.807) is 0 Å². The van der Waals surface area contributed by atoms with E-state index in [-0.39, 0.29) is 5.91 Å². The van der Waals surface area contributed by atoms with Gasteiger partial charge in [-0.15, -0.1) is 0 Å². The molecule has 18 heavy (non-hydrogen) atoms. The summed E-state index contributed by atoms with van der Waals surface area (Å²) < 4.78 is 0. The minimum absolute atomic E-state index is 0.171. The van der Waals surface area contributed by atoms with Crippen LogP contribution in [0.25, 0.3) is 5.57 Å². The fourth-order valence-electron chi connectivity index (χ4n) is 1.76. The van der Waals surface area contributed by atoms with Crippen molar-refractivity contribution in [2.75, 3.05) is 5.32 Å². The molecule has 2 nitrogen and oxygen atoms in total. The number of para-hydroxylation sites is 1. The molecule has 0 aliphatic heterocycles. The highest BCUT2D eigenvalue weighted by Gasteiger charge is 2.11. The molecule has 0 fully saturated rings. The van der Waals surface area contributed by atoms with Crippen LogP contribution in [0.5, 0.6) is 0 Å². The first-order valence-electron chi connectivity index (χ1n) is 5.80. The normalized spacial score (nSPS) is 9.83. The molecule has 90 valence electrons. The Morgan fingerprint density at radius 3 is 2.28 bits per heavy atom. The molecule has 0 aliphatic rings. The molecule has 0 aliphatic carbocycles. The van der Waals surface area contributed by atoms with Gasteiger partial charge in [-0.25, -0.2) is 0 Å². The Bertz CT molecular complexity index is 573. The van der Waals surface area contributed by atoms with Gasteiger partial charge in [0.15, 0.2) is 0 Å². The third-order valence-corrected chi connectivity index (χ3v) is 2.78. The summed E-state index contributed by atoms with van der Waals surface area (Å²) in [5.41, 5.74) is 3.19. The molecule has 0 saturated heterocycles. The first kappa shape index (κ1) is 12.1. The topological polar surface area (TPSA) is 29.1 Å². The standard InChI is InChI=1S/C16H15NO/c1-12-8-6-7-11-15(12)13(2)16(18)17-14-9-4-3-5-10-14/h3-11H,2H2,1H3,(H,17,18). The maximum Gasteiger partial charge on any atom is 0.255 e. The van der Waals surface area contributed by atoms with Gasteiger partial charge >= 0.3 is 0 Å². The van der Waals surface area contributed by atoms with Crippen molar-refractivity contribution in [3.63, 3.8) is 0 Å². The molecule has 1 amide bonds. The fraction of sp³-hybridized carbons (Fsp3) is 0.0625. The number of aryl methyl sites for hydroxylation is 1. The smallest absolute Gasteiger partial charge is 0.255 e. The van der Waals surface area contributed by atoms with Crippen LogP contribution in [0.2, 0.25) is 0 Å². The van der Waals surface area contributed by atoms with Crippen molar-refractivity contribution in [1.82, 2.24) is 0 Å². The van der Waals surface area contributed by atoms with E-state index in [4.69, 9.17) is 0 Å². The van der Waals surface area contributed by atoms with Gasteiger partial charge in [0.25, 0.3) is 5.91 Å². The lowest BCUT2D eigenvalue weighted by Gasteiger charge is -2.09. The Morgan fingerprint density at radius 1 is 1.00 bits per heavy atom. The van der Waals surface area contributed by atoms with E-state index in [0.29, 0.717) is 5.57 Å². The lowest BCUT2D eigenvalue weighted by Crippen LogP contribution is -2.13.